The first-order chi connectivity index (χ1) is 24.7. The zero-order chi connectivity index (χ0) is 36.9. The van der Waals surface area contributed by atoms with Crippen LogP contribution in [0.5, 0.6) is 11.5 Å². The van der Waals surface area contributed by atoms with Crippen molar-refractivity contribution in [3.05, 3.63) is 132 Å². The Morgan fingerprint density at radius 2 is 1.47 bits per heavy atom. The number of benzene rings is 4. The van der Waals surface area contributed by atoms with Crippen LogP contribution in [0.25, 0.3) is 44.4 Å². The quantitative estimate of drug-likeness (QED) is 0.143. The minimum Gasteiger partial charge on any atom is -0.509 e. The van der Waals surface area contributed by atoms with Crippen molar-refractivity contribution in [2.24, 2.45) is 5.41 Å². The maximum atomic E-state index is 6.59. The average molecular weight is 882 g/mol. The molecule has 0 aliphatic rings. The van der Waals surface area contributed by atoms with Crippen LogP contribution in [0.2, 0.25) is 0 Å². The number of nitrogens with zero attached hydrogens (tertiary/aromatic N) is 4. The van der Waals surface area contributed by atoms with Crippen molar-refractivity contribution in [2.45, 2.75) is 92.9 Å². The van der Waals surface area contributed by atoms with Crippen molar-refractivity contribution in [1.82, 2.24) is 19.3 Å². The molecular formula is C47H50N4OPt. The van der Waals surface area contributed by atoms with Gasteiger partial charge in [-0.3, -0.25) is 4.68 Å². The van der Waals surface area contributed by atoms with Gasteiger partial charge in [0.2, 0.25) is 0 Å². The summed E-state index contributed by atoms with van der Waals surface area (Å²) in [5.41, 5.74) is 10.2. The van der Waals surface area contributed by atoms with Crippen molar-refractivity contribution >= 4 is 21.8 Å². The van der Waals surface area contributed by atoms with E-state index in [1.165, 1.54) is 27.6 Å². The number of hydrogen-bond donors (Lipinski definition) is 0. The average Bonchev–Trinajstić information content (AvgIpc) is 3.65. The fourth-order valence-corrected chi connectivity index (χ4v) is 7.21. The molecule has 274 valence electrons. The summed E-state index contributed by atoms with van der Waals surface area (Å²) >= 11 is 0. The number of ether oxygens (including phenoxy) is 1. The Labute approximate surface area is 329 Å². The maximum Gasteiger partial charge on any atom is 2.00 e. The van der Waals surface area contributed by atoms with Crippen LogP contribution in [0, 0.1) is 17.5 Å². The first-order valence-corrected chi connectivity index (χ1v) is 18.5. The van der Waals surface area contributed by atoms with Gasteiger partial charge in [-0.1, -0.05) is 117 Å². The third-order valence-electron chi connectivity index (χ3n) is 9.59. The molecule has 7 aromatic rings. The Morgan fingerprint density at radius 3 is 2.15 bits per heavy atom. The topological polar surface area (TPSA) is 44.9 Å². The number of aromatic nitrogens is 4. The van der Waals surface area contributed by atoms with Gasteiger partial charge >= 0.3 is 21.1 Å². The third kappa shape index (κ3) is 7.78. The summed E-state index contributed by atoms with van der Waals surface area (Å²) in [5, 5.41) is 7.50. The Morgan fingerprint density at radius 1 is 0.736 bits per heavy atom. The minimum absolute atomic E-state index is 0. The van der Waals surface area contributed by atoms with E-state index in [0.29, 0.717) is 11.5 Å². The van der Waals surface area contributed by atoms with Gasteiger partial charge in [0.25, 0.3) is 0 Å². The van der Waals surface area contributed by atoms with Crippen molar-refractivity contribution in [3.8, 4) is 34.1 Å². The van der Waals surface area contributed by atoms with Crippen LogP contribution in [0.3, 0.4) is 0 Å². The molecule has 0 saturated heterocycles. The predicted octanol–water partition coefficient (Wildman–Crippen LogP) is 12.6. The second-order valence-electron chi connectivity index (χ2n) is 16.9. The van der Waals surface area contributed by atoms with Gasteiger partial charge in [0.05, 0.1) is 11.4 Å². The zero-order valence-electron chi connectivity index (χ0n) is 32.6. The number of hydrogen-bond acceptors (Lipinski definition) is 3. The number of fused-ring (bicyclic) bond motifs is 3. The van der Waals surface area contributed by atoms with Crippen LogP contribution in [0.1, 0.15) is 104 Å². The SMILES string of the molecule is CC(C)c1nn(-c2[c-]c(Oc3[c-]c4c(cc3)c3cc(CC(C)(C)C)ccc3n4-c3cc(C(C)(C)C)ccn3)ccc2)c(C(C)C)c1-c1ccccc1.[Pt+2]. The van der Waals surface area contributed by atoms with Crippen LogP contribution >= 0.6 is 0 Å². The van der Waals surface area contributed by atoms with Gasteiger partial charge in [0.1, 0.15) is 5.82 Å². The third-order valence-corrected chi connectivity index (χ3v) is 9.59. The summed E-state index contributed by atoms with van der Waals surface area (Å²) in [6.07, 6.45) is 2.90. The van der Waals surface area contributed by atoms with Crippen molar-refractivity contribution in [1.29, 1.82) is 0 Å². The molecule has 0 amide bonds. The molecule has 53 heavy (non-hydrogen) atoms. The standard InChI is InChI=1S/C47H50N4O.Pt/c1-30(2)44-43(33-15-12-11-13-16-33)45(31(3)4)51(49-44)35-17-14-18-36(27-35)52-37-20-21-38-39-25-32(29-46(5,6)7)19-22-40(39)50(41(38)28-37)42-26-34(23-24-48-42)47(8,9)10;/h11-26,30-31H,29H2,1-10H3;/q-2;+2. The Kier molecular flexibility index (Phi) is 10.6. The smallest absolute Gasteiger partial charge is 0.509 e. The minimum atomic E-state index is -0.0169. The van der Waals surface area contributed by atoms with Crippen LogP contribution in [-0.2, 0) is 32.9 Å². The van der Waals surface area contributed by atoms with E-state index in [0.717, 1.165) is 45.7 Å². The van der Waals surface area contributed by atoms with Crippen LogP contribution in [0.4, 0.5) is 0 Å². The summed E-state index contributed by atoms with van der Waals surface area (Å²) < 4.78 is 10.9. The number of rotatable bonds is 8. The van der Waals surface area contributed by atoms with E-state index in [9.17, 15) is 0 Å². The van der Waals surface area contributed by atoms with Crippen LogP contribution in [-0.4, -0.2) is 19.3 Å². The molecule has 0 fully saturated rings. The fourth-order valence-electron chi connectivity index (χ4n) is 7.21. The molecule has 0 aliphatic heterocycles. The molecule has 4 aromatic carbocycles. The molecule has 0 bridgehead atoms. The van der Waals surface area contributed by atoms with Gasteiger partial charge < -0.3 is 9.30 Å². The van der Waals surface area contributed by atoms with E-state index in [4.69, 9.17) is 14.8 Å². The summed E-state index contributed by atoms with van der Waals surface area (Å²) in [4.78, 5) is 4.89. The monoisotopic (exact) mass is 881 g/mol. The molecule has 3 heterocycles. The summed E-state index contributed by atoms with van der Waals surface area (Å²) in [7, 11) is 0. The van der Waals surface area contributed by atoms with Crippen molar-refractivity contribution in [2.75, 3.05) is 0 Å². The molecular weight excluding hydrogens is 832 g/mol. The largest absolute Gasteiger partial charge is 2.00 e. The summed E-state index contributed by atoms with van der Waals surface area (Å²) in [5.74, 6) is 2.58. The first kappa shape index (κ1) is 38.3. The second kappa shape index (κ2) is 14.7. The first-order valence-electron chi connectivity index (χ1n) is 18.5. The molecule has 5 nitrogen and oxygen atoms in total. The fraction of sp³-hybridized carbons (Fsp3) is 0.319. The Balaban J connectivity index is 0.00000481. The molecule has 3 aromatic heterocycles. The summed E-state index contributed by atoms with van der Waals surface area (Å²) in [6, 6.07) is 39.1. The van der Waals surface area contributed by atoms with Gasteiger partial charge in [-0.2, -0.15) is 17.2 Å². The van der Waals surface area contributed by atoms with Gasteiger partial charge in [-0.15, -0.1) is 35.7 Å². The van der Waals surface area contributed by atoms with Gasteiger partial charge in [0.15, 0.2) is 0 Å². The molecule has 0 aliphatic carbocycles. The van der Waals surface area contributed by atoms with E-state index in [2.05, 4.69) is 163 Å². The van der Waals surface area contributed by atoms with E-state index in [1.807, 2.05) is 24.4 Å². The number of pyridine rings is 1. The van der Waals surface area contributed by atoms with Crippen LogP contribution < -0.4 is 4.74 Å². The van der Waals surface area contributed by atoms with Crippen LogP contribution in [0.15, 0.2) is 97.2 Å². The molecule has 0 saturated carbocycles. The normalized spacial score (nSPS) is 12.2. The molecule has 0 unspecified atom stereocenters. The predicted molar refractivity (Wildman–Crippen MR) is 215 cm³/mol. The molecule has 0 spiro atoms. The molecule has 7 rings (SSSR count). The van der Waals surface area contributed by atoms with Gasteiger partial charge in [-0.05, 0) is 75.0 Å². The van der Waals surface area contributed by atoms with E-state index in [1.54, 1.807) is 0 Å². The molecule has 6 heteroatoms. The zero-order valence-corrected chi connectivity index (χ0v) is 34.9. The molecule has 0 N–H and O–H groups in total. The van der Waals surface area contributed by atoms with E-state index >= 15 is 0 Å². The maximum absolute atomic E-state index is 6.59. The van der Waals surface area contributed by atoms with E-state index < -0.39 is 0 Å². The van der Waals surface area contributed by atoms with Gasteiger partial charge in [0, 0.05) is 28.8 Å². The van der Waals surface area contributed by atoms with Crippen molar-refractivity contribution < 1.29 is 25.8 Å². The van der Waals surface area contributed by atoms with Gasteiger partial charge in [-0.25, -0.2) is 4.98 Å². The molecule has 0 atom stereocenters. The summed E-state index contributed by atoms with van der Waals surface area (Å²) in [6.45, 7) is 22.4. The molecule has 0 radical (unpaired) electrons. The second-order valence-corrected chi connectivity index (χ2v) is 16.9. The Bertz CT molecular complexity index is 2390. The van der Waals surface area contributed by atoms with Crippen molar-refractivity contribution in [3.63, 3.8) is 0 Å². The Hall–Kier alpha value is -4.47. The van der Waals surface area contributed by atoms with E-state index in [-0.39, 0.29) is 43.7 Å².